The van der Waals surface area contributed by atoms with Crippen LogP contribution < -0.4 is 0 Å². The van der Waals surface area contributed by atoms with Gasteiger partial charge < -0.3 is 4.52 Å². The Balaban J connectivity index is 2.01. The van der Waals surface area contributed by atoms with Crippen LogP contribution in [0, 0.1) is 6.92 Å². The number of rotatable bonds is 2. The lowest BCUT2D eigenvalue weighted by atomic mass is 10.0. The molecule has 1 aromatic heterocycles. The van der Waals surface area contributed by atoms with Crippen molar-refractivity contribution < 1.29 is 17.7 Å². The minimum absolute atomic E-state index is 0.0596. The summed E-state index contributed by atoms with van der Waals surface area (Å²) in [4.78, 5) is 4.16. The van der Waals surface area contributed by atoms with Crippen molar-refractivity contribution in [3.63, 3.8) is 0 Å². The Morgan fingerprint density at radius 3 is 2.36 bits per heavy atom. The summed E-state index contributed by atoms with van der Waals surface area (Å²) < 4.78 is 43.9. The third-order valence-electron chi connectivity index (χ3n) is 3.25. The summed E-state index contributed by atoms with van der Waals surface area (Å²) >= 11 is 0. The SMILES string of the molecule is Cc1ccc(-c2nc(-c3ccccc3)no2)cc1C(F)(F)F. The molecule has 22 heavy (non-hydrogen) atoms. The van der Waals surface area contributed by atoms with E-state index in [2.05, 4.69) is 10.1 Å². The number of benzene rings is 2. The normalized spacial score (nSPS) is 11.6. The molecule has 1 heterocycles. The zero-order chi connectivity index (χ0) is 15.7. The Bertz CT molecular complexity index is 795. The van der Waals surface area contributed by atoms with Gasteiger partial charge in [-0.1, -0.05) is 41.6 Å². The predicted molar refractivity (Wildman–Crippen MR) is 74.9 cm³/mol. The van der Waals surface area contributed by atoms with E-state index in [9.17, 15) is 13.2 Å². The Morgan fingerprint density at radius 2 is 1.68 bits per heavy atom. The first-order valence-corrected chi connectivity index (χ1v) is 6.52. The van der Waals surface area contributed by atoms with Gasteiger partial charge in [0.2, 0.25) is 5.82 Å². The Hall–Kier alpha value is -2.63. The lowest BCUT2D eigenvalue weighted by molar-refractivity contribution is -0.138. The van der Waals surface area contributed by atoms with Crippen molar-refractivity contribution in [3.05, 3.63) is 59.7 Å². The molecule has 0 amide bonds. The largest absolute Gasteiger partial charge is 0.416 e. The van der Waals surface area contributed by atoms with E-state index in [0.29, 0.717) is 5.82 Å². The van der Waals surface area contributed by atoms with Crippen LogP contribution in [0.2, 0.25) is 0 Å². The van der Waals surface area contributed by atoms with Gasteiger partial charge in [-0.15, -0.1) is 0 Å². The molecule has 0 aliphatic rings. The van der Waals surface area contributed by atoms with Crippen LogP contribution in [0.15, 0.2) is 53.1 Å². The Kier molecular flexibility index (Phi) is 3.44. The van der Waals surface area contributed by atoms with Gasteiger partial charge in [0.05, 0.1) is 5.56 Å². The molecule has 3 rings (SSSR count). The molecule has 0 unspecified atom stereocenters. The molecular formula is C16H11F3N2O. The van der Waals surface area contributed by atoms with Crippen molar-refractivity contribution in [1.29, 1.82) is 0 Å². The number of aromatic nitrogens is 2. The molecule has 0 aliphatic heterocycles. The van der Waals surface area contributed by atoms with Crippen LogP contribution in [0.5, 0.6) is 0 Å². The lowest BCUT2D eigenvalue weighted by Gasteiger charge is -2.10. The highest BCUT2D eigenvalue weighted by Gasteiger charge is 2.33. The first-order valence-electron chi connectivity index (χ1n) is 6.52. The molecule has 0 N–H and O–H groups in total. The monoisotopic (exact) mass is 304 g/mol. The van der Waals surface area contributed by atoms with Gasteiger partial charge in [0.1, 0.15) is 0 Å². The van der Waals surface area contributed by atoms with Crippen molar-refractivity contribution in [2.24, 2.45) is 0 Å². The minimum atomic E-state index is -4.41. The van der Waals surface area contributed by atoms with Gasteiger partial charge in [0, 0.05) is 11.1 Å². The third kappa shape index (κ3) is 2.72. The molecule has 0 bridgehead atoms. The van der Waals surface area contributed by atoms with Crippen molar-refractivity contribution in [2.45, 2.75) is 13.1 Å². The van der Waals surface area contributed by atoms with E-state index < -0.39 is 11.7 Å². The summed E-state index contributed by atoms with van der Waals surface area (Å²) in [6, 6.07) is 13.0. The van der Waals surface area contributed by atoms with Gasteiger partial charge >= 0.3 is 6.18 Å². The van der Waals surface area contributed by atoms with Crippen LogP contribution in [-0.2, 0) is 6.18 Å². The maximum Gasteiger partial charge on any atom is 0.416 e. The molecule has 0 atom stereocenters. The number of hydrogen-bond donors (Lipinski definition) is 0. The minimum Gasteiger partial charge on any atom is -0.334 e. The van der Waals surface area contributed by atoms with E-state index in [1.165, 1.54) is 19.1 Å². The molecule has 0 radical (unpaired) electrons. The molecule has 112 valence electrons. The quantitative estimate of drug-likeness (QED) is 0.687. The van der Waals surface area contributed by atoms with Crippen molar-refractivity contribution in [2.75, 3.05) is 0 Å². The van der Waals surface area contributed by atoms with Crippen molar-refractivity contribution in [1.82, 2.24) is 10.1 Å². The van der Waals surface area contributed by atoms with Gasteiger partial charge in [-0.05, 0) is 24.6 Å². The summed E-state index contributed by atoms with van der Waals surface area (Å²) in [5.41, 5.74) is 0.428. The van der Waals surface area contributed by atoms with E-state index in [-0.39, 0.29) is 17.0 Å². The fourth-order valence-electron chi connectivity index (χ4n) is 2.11. The van der Waals surface area contributed by atoms with Gasteiger partial charge in [0.25, 0.3) is 5.89 Å². The van der Waals surface area contributed by atoms with Gasteiger partial charge in [0.15, 0.2) is 0 Å². The second-order valence-corrected chi connectivity index (χ2v) is 4.82. The smallest absolute Gasteiger partial charge is 0.334 e. The molecular weight excluding hydrogens is 293 g/mol. The highest BCUT2D eigenvalue weighted by atomic mass is 19.4. The molecule has 2 aromatic carbocycles. The van der Waals surface area contributed by atoms with Crippen LogP contribution in [0.1, 0.15) is 11.1 Å². The van der Waals surface area contributed by atoms with Gasteiger partial charge in [-0.25, -0.2) is 0 Å². The number of alkyl halides is 3. The zero-order valence-corrected chi connectivity index (χ0v) is 11.6. The number of hydrogen-bond acceptors (Lipinski definition) is 3. The summed E-state index contributed by atoms with van der Waals surface area (Å²) in [6.07, 6.45) is -4.41. The lowest BCUT2D eigenvalue weighted by Crippen LogP contribution is -2.07. The molecule has 0 saturated carbocycles. The number of aryl methyl sites for hydroxylation is 1. The average molecular weight is 304 g/mol. The molecule has 0 spiro atoms. The van der Waals surface area contributed by atoms with Crippen LogP contribution in [-0.4, -0.2) is 10.1 Å². The number of nitrogens with zero attached hydrogens (tertiary/aromatic N) is 2. The van der Waals surface area contributed by atoms with Crippen LogP contribution in [0.3, 0.4) is 0 Å². The van der Waals surface area contributed by atoms with Gasteiger partial charge in [-0.2, -0.15) is 18.2 Å². The van der Waals surface area contributed by atoms with E-state index in [1.54, 1.807) is 12.1 Å². The molecule has 3 aromatic rings. The number of halogens is 3. The maximum absolute atomic E-state index is 12.9. The van der Waals surface area contributed by atoms with Crippen LogP contribution in [0.25, 0.3) is 22.8 Å². The van der Waals surface area contributed by atoms with Crippen molar-refractivity contribution >= 4 is 0 Å². The molecule has 0 saturated heterocycles. The highest BCUT2D eigenvalue weighted by molar-refractivity contribution is 5.61. The van der Waals surface area contributed by atoms with Gasteiger partial charge in [-0.3, -0.25) is 0 Å². The zero-order valence-electron chi connectivity index (χ0n) is 11.6. The van der Waals surface area contributed by atoms with E-state index in [0.717, 1.165) is 11.6 Å². The summed E-state index contributed by atoms with van der Waals surface area (Å²) in [5.74, 6) is 0.397. The second kappa shape index (κ2) is 5.29. The summed E-state index contributed by atoms with van der Waals surface area (Å²) in [6.45, 7) is 1.41. The van der Waals surface area contributed by atoms with Crippen molar-refractivity contribution in [3.8, 4) is 22.8 Å². The standard InChI is InChI=1S/C16H11F3N2O/c1-10-7-8-12(9-13(10)16(17,18)19)15-20-14(21-22-15)11-5-3-2-4-6-11/h2-9H,1H3. The molecule has 0 fully saturated rings. The fourth-order valence-corrected chi connectivity index (χ4v) is 2.11. The summed E-state index contributed by atoms with van der Waals surface area (Å²) in [7, 11) is 0. The van der Waals surface area contributed by atoms with E-state index >= 15 is 0 Å². The predicted octanol–water partition coefficient (Wildman–Crippen LogP) is 4.73. The highest BCUT2D eigenvalue weighted by Crippen LogP contribution is 2.34. The molecule has 3 nitrogen and oxygen atoms in total. The van der Waals surface area contributed by atoms with Crippen LogP contribution in [0.4, 0.5) is 13.2 Å². The van der Waals surface area contributed by atoms with E-state index in [1.807, 2.05) is 18.2 Å². The Morgan fingerprint density at radius 1 is 0.955 bits per heavy atom. The van der Waals surface area contributed by atoms with E-state index in [4.69, 9.17) is 4.52 Å². The fraction of sp³-hybridized carbons (Fsp3) is 0.125. The van der Waals surface area contributed by atoms with Crippen LogP contribution >= 0.6 is 0 Å². The molecule has 6 heteroatoms. The maximum atomic E-state index is 12.9. The molecule has 0 aliphatic carbocycles. The first kappa shape index (κ1) is 14.3. The Labute approximate surface area is 124 Å². The average Bonchev–Trinajstić information content (AvgIpc) is 2.97. The summed E-state index contributed by atoms with van der Waals surface area (Å²) in [5, 5.41) is 3.81. The second-order valence-electron chi connectivity index (χ2n) is 4.82. The third-order valence-corrected chi connectivity index (χ3v) is 3.25. The topological polar surface area (TPSA) is 38.9 Å². The first-order chi connectivity index (χ1) is 10.4.